The summed E-state index contributed by atoms with van der Waals surface area (Å²) in [5.74, 6) is -0.624. The highest BCUT2D eigenvalue weighted by atomic mass is 32.1. The van der Waals surface area contributed by atoms with Crippen molar-refractivity contribution in [2.75, 3.05) is 0 Å². The number of allylic oxidation sites excluding steroid dienone is 3. The zero-order valence-electron chi connectivity index (χ0n) is 17.9. The molecule has 1 aliphatic heterocycles. The molecule has 0 fully saturated rings. The highest BCUT2D eigenvalue weighted by Crippen LogP contribution is 2.48. The maximum absolute atomic E-state index is 13.2. The lowest BCUT2D eigenvalue weighted by atomic mass is 9.70. The molecule has 1 N–H and O–H groups in total. The minimum atomic E-state index is -0.371. The first-order valence-electron chi connectivity index (χ1n) is 10.3. The van der Waals surface area contributed by atoms with Gasteiger partial charge in [0.05, 0.1) is 11.5 Å². The Morgan fingerprint density at radius 1 is 1.13 bits per heavy atom. The summed E-state index contributed by atoms with van der Waals surface area (Å²) in [7, 11) is 0. The topological polar surface area (TPSA) is 55.4 Å². The van der Waals surface area contributed by atoms with Crippen LogP contribution in [0, 0.1) is 12.3 Å². The number of aryl methyl sites for hydroxylation is 1. The van der Waals surface area contributed by atoms with Gasteiger partial charge >= 0.3 is 5.97 Å². The Bertz CT molecular complexity index is 1060. The van der Waals surface area contributed by atoms with Gasteiger partial charge in [0.25, 0.3) is 0 Å². The van der Waals surface area contributed by atoms with Gasteiger partial charge in [-0.3, -0.25) is 4.79 Å². The summed E-state index contributed by atoms with van der Waals surface area (Å²) in [6.45, 7) is 8.38. The standard InChI is InChI=1S/C25H27NO3S/c1-15-10-11-20(30-15)23-21(24(28)29-14-17-8-6-5-7-9-17)16(2)26-18-12-25(3,4)13-19(27)22(18)23/h5-11,23,26H,12-14H2,1-4H3/t23-/m0/s1. The number of hydrogen-bond donors (Lipinski definition) is 1. The zero-order chi connectivity index (χ0) is 21.5. The number of Topliss-reactive ketones (excluding diaryl/α,β-unsaturated/α-hetero) is 1. The average Bonchev–Trinajstić information content (AvgIpc) is 3.11. The van der Waals surface area contributed by atoms with Gasteiger partial charge in [-0.1, -0.05) is 44.2 Å². The quantitative estimate of drug-likeness (QED) is 0.671. The number of rotatable bonds is 4. The second-order valence-corrected chi connectivity index (χ2v) is 10.3. The molecule has 0 spiro atoms. The van der Waals surface area contributed by atoms with E-state index in [2.05, 4.69) is 19.2 Å². The molecule has 0 radical (unpaired) electrons. The highest BCUT2D eigenvalue weighted by Gasteiger charge is 2.43. The molecule has 2 aromatic rings. The van der Waals surface area contributed by atoms with E-state index < -0.39 is 0 Å². The third kappa shape index (κ3) is 3.99. The number of dihydropyridines is 1. The van der Waals surface area contributed by atoms with Crippen LogP contribution in [-0.4, -0.2) is 11.8 Å². The van der Waals surface area contributed by atoms with E-state index in [0.29, 0.717) is 12.0 Å². The van der Waals surface area contributed by atoms with Crippen LogP contribution in [0.4, 0.5) is 0 Å². The molecule has 0 saturated heterocycles. The van der Waals surface area contributed by atoms with Crippen molar-refractivity contribution in [3.8, 4) is 0 Å². The number of carbonyl (C=O) groups is 2. The summed E-state index contributed by atoms with van der Waals surface area (Å²) in [5.41, 5.74) is 3.84. The van der Waals surface area contributed by atoms with Crippen LogP contribution in [0.2, 0.25) is 0 Å². The summed E-state index contributed by atoms with van der Waals surface area (Å²) in [6, 6.07) is 13.7. The molecule has 0 amide bonds. The Kier molecular flexibility index (Phi) is 5.41. The number of ketones is 1. The molecular weight excluding hydrogens is 394 g/mol. The van der Waals surface area contributed by atoms with Gasteiger partial charge in [-0.05, 0) is 43.4 Å². The van der Waals surface area contributed by atoms with E-state index in [-0.39, 0.29) is 29.7 Å². The molecule has 0 unspecified atom stereocenters. The lowest BCUT2D eigenvalue weighted by molar-refractivity contribution is -0.140. The molecule has 1 aromatic heterocycles. The van der Waals surface area contributed by atoms with Crippen molar-refractivity contribution >= 4 is 23.1 Å². The third-order valence-corrected chi connectivity index (χ3v) is 6.78. The van der Waals surface area contributed by atoms with Crippen LogP contribution in [-0.2, 0) is 20.9 Å². The SMILES string of the molecule is CC1=C(C(=O)OCc2ccccc2)[C@H](c2ccc(C)s2)C2=C(CC(C)(C)CC2=O)N1. The minimum absolute atomic E-state index is 0.0928. The second kappa shape index (κ2) is 7.88. The van der Waals surface area contributed by atoms with Gasteiger partial charge < -0.3 is 10.1 Å². The van der Waals surface area contributed by atoms with Crippen molar-refractivity contribution in [1.29, 1.82) is 0 Å². The Hall–Kier alpha value is -2.66. The summed E-state index contributed by atoms with van der Waals surface area (Å²) in [5, 5.41) is 3.38. The summed E-state index contributed by atoms with van der Waals surface area (Å²) >= 11 is 1.63. The van der Waals surface area contributed by atoms with Gasteiger partial charge in [0.2, 0.25) is 0 Å². The van der Waals surface area contributed by atoms with E-state index in [1.54, 1.807) is 11.3 Å². The normalized spacial score (nSPS) is 20.7. The fraction of sp³-hybridized carbons (Fsp3) is 0.360. The fourth-order valence-corrected chi connectivity index (χ4v) is 5.40. The van der Waals surface area contributed by atoms with Crippen molar-refractivity contribution in [1.82, 2.24) is 5.32 Å². The van der Waals surface area contributed by atoms with E-state index in [1.165, 1.54) is 0 Å². The number of benzene rings is 1. The predicted octanol–water partition coefficient (Wildman–Crippen LogP) is 5.40. The number of nitrogens with one attached hydrogen (secondary N) is 1. The van der Waals surface area contributed by atoms with E-state index in [0.717, 1.165) is 38.7 Å². The zero-order valence-corrected chi connectivity index (χ0v) is 18.7. The molecule has 156 valence electrons. The van der Waals surface area contributed by atoms with Crippen LogP contribution >= 0.6 is 11.3 Å². The Labute approximate surface area is 181 Å². The van der Waals surface area contributed by atoms with Crippen LogP contribution in [0.1, 0.15) is 54.8 Å². The molecular formula is C25H27NO3S. The molecule has 0 saturated carbocycles. The predicted molar refractivity (Wildman–Crippen MR) is 119 cm³/mol. The van der Waals surface area contributed by atoms with Gasteiger partial charge in [0, 0.05) is 33.1 Å². The van der Waals surface area contributed by atoms with Gasteiger partial charge in [0.15, 0.2) is 5.78 Å². The van der Waals surface area contributed by atoms with Crippen LogP contribution in [0.15, 0.2) is 65.0 Å². The number of ether oxygens (including phenoxy) is 1. The summed E-state index contributed by atoms with van der Waals surface area (Å²) < 4.78 is 5.69. The number of hydrogen-bond acceptors (Lipinski definition) is 5. The first kappa shape index (κ1) is 20.6. The molecule has 1 atom stereocenters. The third-order valence-electron chi connectivity index (χ3n) is 5.72. The van der Waals surface area contributed by atoms with Crippen molar-refractivity contribution in [3.63, 3.8) is 0 Å². The molecule has 4 nitrogen and oxygen atoms in total. The first-order chi connectivity index (χ1) is 14.2. The second-order valence-electron chi connectivity index (χ2n) is 8.94. The van der Waals surface area contributed by atoms with Crippen molar-refractivity contribution in [3.05, 3.63) is 80.3 Å². The van der Waals surface area contributed by atoms with Gasteiger partial charge in [-0.25, -0.2) is 4.79 Å². The molecule has 30 heavy (non-hydrogen) atoms. The van der Waals surface area contributed by atoms with Crippen LogP contribution in [0.25, 0.3) is 0 Å². The Balaban J connectivity index is 1.71. The number of esters is 1. The average molecular weight is 422 g/mol. The molecule has 0 bridgehead atoms. The lowest BCUT2D eigenvalue weighted by Gasteiger charge is -2.39. The van der Waals surface area contributed by atoms with E-state index in [1.807, 2.05) is 56.3 Å². The van der Waals surface area contributed by atoms with Crippen LogP contribution in [0.3, 0.4) is 0 Å². The largest absolute Gasteiger partial charge is 0.457 e. The maximum Gasteiger partial charge on any atom is 0.337 e. The van der Waals surface area contributed by atoms with Gasteiger partial charge in [-0.2, -0.15) is 0 Å². The van der Waals surface area contributed by atoms with Crippen molar-refractivity contribution in [2.45, 2.75) is 53.1 Å². The maximum atomic E-state index is 13.2. The monoisotopic (exact) mass is 421 g/mol. The lowest BCUT2D eigenvalue weighted by Crippen LogP contribution is -2.38. The van der Waals surface area contributed by atoms with Crippen molar-refractivity contribution < 1.29 is 14.3 Å². The Morgan fingerprint density at radius 3 is 2.53 bits per heavy atom. The molecule has 4 rings (SSSR count). The van der Waals surface area contributed by atoms with E-state index in [4.69, 9.17) is 4.74 Å². The van der Waals surface area contributed by atoms with Gasteiger partial charge in [-0.15, -0.1) is 11.3 Å². The minimum Gasteiger partial charge on any atom is -0.457 e. The smallest absolute Gasteiger partial charge is 0.337 e. The summed E-state index contributed by atoms with van der Waals surface area (Å²) in [4.78, 5) is 28.6. The van der Waals surface area contributed by atoms with Crippen LogP contribution < -0.4 is 5.32 Å². The van der Waals surface area contributed by atoms with E-state index >= 15 is 0 Å². The highest BCUT2D eigenvalue weighted by molar-refractivity contribution is 7.12. The van der Waals surface area contributed by atoms with Gasteiger partial charge in [0.1, 0.15) is 6.61 Å². The molecule has 5 heteroatoms. The Morgan fingerprint density at radius 2 is 1.87 bits per heavy atom. The molecule has 1 aromatic carbocycles. The van der Waals surface area contributed by atoms with Crippen LogP contribution in [0.5, 0.6) is 0 Å². The molecule has 2 heterocycles. The molecule has 2 aliphatic rings. The first-order valence-corrected chi connectivity index (χ1v) is 11.1. The number of carbonyl (C=O) groups excluding carboxylic acids is 2. The molecule has 1 aliphatic carbocycles. The van der Waals surface area contributed by atoms with Crippen molar-refractivity contribution in [2.24, 2.45) is 5.41 Å². The fourth-order valence-electron chi connectivity index (χ4n) is 4.40. The summed E-state index contributed by atoms with van der Waals surface area (Å²) in [6.07, 6.45) is 1.28. The van der Waals surface area contributed by atoms with E-state index in [9.17, 15) is 9.59 Å². The number of thiophene rings is 1.